The van der Waals surface area contributed by atoms with Gasteiger partial charge in [0.2, 0.25) is 0 Å². The molecule has 1 aliphatic heterocycles. The number of aryl methyl sites for hydroxylation is 1. The molecular formula is C25H30N4O3S. The van der Waals surface area contributed by atoms with E-state index in [0.717, 1.165) is 47.3 Å². The third kappa shape index (κ3) is 4.49. The number of carboxylic acid groups (broad SMARTS) is 1. The average Bonchev–Trinajstić information content (AvgIpc) is 3.41. The summed E-state index contributed by atoms with van der Waals surface area (Å²) in [4.78, 5) is 27.4. The summed E-state index contributed by atoms with van der Waals surface area (Å²) in [5, 5.41) is 18.0. The van der Waals surface area contributed by atoms with Crippen molar-refractivity contribution in [3.05, 3.63) is 46.5 Å². The summed E-state index contributed by atoms with van der Waals surface area (Å²) in [6.07, 6.45) is 6.95. The van der Waals surface area contributed by atoms with Gasteiger partial charge in [0.05, 0.1) is 16.6 Å². The first-order chi connectivity index (χ1) is 16.0. The molecule has 2 amide bonds. The highest BCUT2D eigenvalue weighted by molar-refractivity contribution is 7.20. The normalized spacial score (nSPS) is 18.0. The van der Waals surface area contributed by atoms with Crippen molar-refractivity contribution in [2.75, 3.05) is 18.4 Å². The van der Waals surface area contributed by atoms with Crippen LogP contribution in [-0.4, -0.2) is 44.9 Å². The number of hydrogen-bond acceptors (Lipinski definition) is 4. The van der Waals surface area contributed by atoms with Crippen molar-refractivity contribution in [1.29, 1.82) is 0 Å². The molecule has 2 N–H and O–H groups in total. The molecule has 0 unspecified atom stereocenters. The van der Waals surface area contributed by atoms with E-state index in [9.17, 15) is 9.59 Å². The molecule has 33 heavy (non-hydrogen) atoms. The Morgan fingerprint density at radius 3 is 2.42 bits per heavy atom. The van der Waals surface area contributed by atoms with Crippen molar-refractivity contribution in [2.24, 2.45) is 0 Å². The minimum Gasteiger partial charge on any atom is -0.465 e. The molecule has 7 nitrogen and oxygen atoms in total. The fourth-order valence-corrected chi connectivity index (χ4v) is 6.32. The number of thiophene rings is 1. The van der Waals surface area contributed by atoms with Crippen LogP contribution in [0.4, 0.5) is 10.5 Å². The highest BCUT2D eigenvalue weighted by Crippen LogP contribution is 2.36. The minimum absolute atomic E-state index is 0.0895. The Labute approximate surface area is 197 Å². The molecule has 1 saturated carbocycles. The highest BCUT2D eigenvalue weighted by Gasteiger charge is 2.24. The van der Waals surface area contributed by atoms with Crippen LogP contribution in [0.25, 0.3) is 10.2 Å². The molecule has 0 spiro atoms. The van der Waals surface area contributed by atoms with Gasteiger partial charge in [-0.15, -0.1) is 11.3 Å². The van der Waals surface area contributed by atoms with Gasteiger partial charge in [0.1, 0.15) is 4.83 Å². The number of carbonyl (C=O) groups excluding carboxylic acids is 1. The van der Waals surface area contributed by atoms with Crippen molar-refractivity contribution in [1.82, 2.24) is 14.7 Å². The van der Waals surface area contributed by atoms with Crippen LogP contribution in [-0.2, 0) is 0 Å². The molecule has 2 aliphatic rings. The topological polar surface area (TPSA) is 87.5 Å². The molecular weight excluding hydrogens is 436 g/mol. The van der Waals surface area contributed by atoms with Gasteiger partial charge in [0.15, 0.2) is 0 Å². The summed E-state index contributed by atoms with van der Waals surface area (Å²) in [5.41, 5.74) is 2.96. The number of nitrogens with zero attached hydrogens (tertiary/aromatic N) is 3. The zero-order valence-electron chi connectivity index (χ0n) is 18.9. The lowest BCUT2D eigenvalue weighted by atomic mass is 9.89. The minimum atomic E-state index is -0.839. The molecule has 174 valence electrons. The SMILES string of the molecule is Cc1nn(C2CCCCC2)c2sc(C(=O)Nc3ccc(C4CCN(C(=O)O)CC4)cc3)cc12. The van der Waals surface area contributed by atoms with E-state index in [2.05, 4.69) is 10.00 Å². The average molecular weight is 467 g/mol. The molecule has 0 bridgehead atoms. The second kappa shape index (κ2) is 9.17. The molecule has 2 fully saturated rings. The van der Waals surface area contributed by atoms with E-state index in [1.807, 2.05) is 37.3 Å². The number of hydrogen-bond donors (Lipinski definition) is 2. The van der Waals surface area contributed by atoms with Crippen molar-refractivity contribution in [2.45, 2.75) is 63.8 Å². The van der Waals surface area contributed by atoms with E-state index in [0.29, 0.717) is 29.9 Å². The van der Waals surface area contributed by atoms with Crippen LogP contribution in [0, 0.1) is 6.92 Å². The van der Waals surface area contributed by atoms with Crippen LogP contribution in [0.2, 0.25) is 0 Å². The van der Waals surface area contributed by atoms with Crippen LogP contribution >= 0.6 is 11.3 Å². The Kier molecular flexibility index (Phi) is 6.10. The molecule has 1 saturated heterocycles. The van der Waals surface area contributed by atoms with Gasteiger partial charge in [-0.25, -0.2) is 4.79 Å². The Hall–Kier alpha value is -2.87. The standard InChI is InChI=1S/C25H30N4O3S/c1-16-21-15-22(33-24(21)29(27-16)20-5-3-2-4-6-20)23(30)26-19-9-7-17(8-10-19)18-11-13-28(14-12-18)25(31)32/h7-10,15,18,20H,2-6,11-14H2,1H3,(H,26,30)(H,31,32). The van der Waals surface area contributed by atoms with Crippen LogP contribution in [0.5, 0.6) is 0 Å². The predicted octanol–water partition coefficient (Wildman–Crippen LogP) is 6.02. The molecule has 1 aliphatic carbocycles. The maximum Gasteiger partial charge on any atom is 0.407 e. The van der Waals surface area contributed by atoms with Gasteiger partial charge in [0, 0.05) is 24.2 Å². The zero-order valence-corrected chi connectivity index (χ0v) is 19.7. The van der Waals surface area contributed by atoms with Gasteiger partial charge < -0.3 is 15.3 Å². The summed E-state index contributed by atoms with van der Waals surface area (Å²) in [6, 6.07) is 10.4. The number of piperidine rings is 1. The van der Waals surface area contributed by atoms with Crippen LogP contribution < -0.4 is 5.32 Å². The fraction of sp³-hybridized carbons (Fsp3) is 0.480. The molecule has 5 rings (SSSR count). The summed E-state index contributed by atoms with van der Waals surface area (Å²) >= 11 is 1.53. The number of amides is 2. The second-order valence-corrected chi connectivity index (χ2v) is 10.3. The van der Waals surface area contributed by atoms with E-state index in [1.54, 1.807) is 0 Å². The van der Waals surface area contributed by atoms with Crippen LogP contribution in [0.3, 0.4) is 0 Å². The predicted molar refractivity (Wildman–Crippen MR) is 130 cm³/mol. The van der Waals surface area contributed by atoms with Gasteiger partial charge in [0.25, 0.3) is 5.91 Å². The van der Waals surface area contributed by atoms with Crippen molar-refractivity contribution >= 4 is 39.2 Å². The first-order valence-corrected chi connectivity index (χ1v) is 12.7. The molecule has 3 heterocycles. The first-order valence-electron chi connectivity index (χ1n) is 11.9. The Bertz CT molecular complexity index is 1150. The van der Waals surface area contributed by atoms with E-state index < -0.39 is 6.09 Å². The number of fused-ring (bicyclic) bond motifs is 1. The van der Waals surface area contributed by atoms with Crippen LogP contribution in [0.15, 0.2) is 30.3 Å². The van der Waals surface area contributed by atoms with E-state index >= 15 is 0 Å². The number of likely N-dealkylation sites (tertiary alicyclic amines) is 1. The summed E-state index contributed by atoms with van der Waals surface area (Å²) in [5.74, 6) is 0.270. The Morgan fingerprint density at radius 2 is 1.76 bits per heavy atom. The van der Waals surface area contributed by atoms with E-state index in [4.69, 9.17) is 10.2 Å². The third-order valence-corrected chi connectivity index (χ3v) is 8.24. The van der Waals surface area contributed by atoms with Gasteiger partial charge in [-0.3, -0.25) is 9.48 Å². The smallest absolute Gasteiger partial charge is 0.407 e. The van der Waals surface area contributed by atoms with Gasteiger partial charge in [-0.2, -0.15) is 5.10 Å². The molecule has 1 aromatic carbocycles. The van der Waals surface area contributed by atoms with E-state index in [1.165, 1.54) is 41.1 Å². The highest BCUT2D eigenvalue weighted by atomic mass is 32.1. The number of carbonyl (C=O) groups is 2. The fourth-order valence-electron chi connectivity index (χ4n) is 5.19. The third-order valence-electron chi connectivity index (χ3n) is 7.12. The molecule has 3 aromatic rings. The van der Waals surface area contributed by atoms with Crippen LogP contribution in [0.1, 0.15) is 77.8 Å². The maximum absolute atomic E-state index is 13.0. The number of anilines is 1. The summed E-state index contributed by atoms with van der Waals surface area (Å²) < 4.78 is 2.16. The van der Waals surface area contributed by atoms with E-state index in [-0.39, 0.29) is 5.91 Å². The quantitative estimate of drug-likeness (QED) is 0.492. The summed E-state index contributed by atoms with van der Waals surface area (Å²) in [6.45, 7) is 3.17. The Balaban J connectivity index is 1.26. The van der Waals surface area contributed by atoms with Crippen molar-refractivity contribution in [3.63, 3.8) is 0 Å². The largest absolute Gasteiger partial charge is 0.465 e. The number of rotatable bonds is 4. The lowest BCUT2D eigenvalue weighted by Gasteiger charge is -2.30. The van der Waals surface area contributed by atoms with Crippen molar-refractivity contribution < 1.29 is 14.7 Å². The zero-order chi connectivity index (χ0) is 22.9. The number of nitrogens with one attached hydrogen (secondary N) is 1. The van der Waals surface area contributed by atoms with Gasteiger partial charge >= 0.3 is 6.09 Å². The maximum atomic E-state index is 13.0. The lowest BCUT2D eigenvalue weighted by Crippen LogP contribution is -2.36. The molecule has 0 atom stereocenters. The molecule has 2 aromatic heterocycles. The number of benzene rings is 1. The first kappa shape index (κ1) is 21.9. The van der Waals surface area contributed by atoms with Crippen molar-refractivity contribution in [3.8, 4) is 0 Å². The molecule has 8 heteroatoms. The lowest BCUT2D eigenvalue weighted by molar-refractivity contribution is 0.103. The summed E-state index contributed by atoms with van der Waals surface area (Å²) in [7, 11) is 0. The monoisotopic (exact) mass is 466 g/mol. The van der Waals surface area contributed by atoms with Gasteiger partial charge in [-0.1, -0.05) is 31.4 Å². The second-order valence-electron chi connectivity index (χ2n) is 9.27. The Morgan fingerprint density at radius 1 is 1.06 bits per heavy atom. The number of aromatic nitrogens is 2. The van der Waals surface area contributed by atoms with Gasteiger partial charge in [-0.05, 0) is 62.3 Å². The molecule has 0 radical (unpaired) electrons.